The fourth-order valence-electron chi connectivity index (χ4n) is 0.731. The molecule has 3 radical (unpaired) electrons. The van der Waals surface area contributed by atoms with Crippen molar-refractivity contribution in [2.24, 2.45) is 5.41 Å². The van der Waals surface area contributed by atoms with E-state index in [9.17, 15) is 0 Å². The molecule has 0 fully saturated rings. The minimum Gasteiger partial charge on any atom is -0.383 e. The first-order chi connectivity index (χ1) is 5.31. The zero-order valence-electron chi connectivity index (χ0n) is 9.90. The number of ether oxygens (including phenoxy) is 1. The van der Waals surface area contributed by atoms with E-state index in [1.807, 2.05) is 0 Å². The maximum absolute atomic E-state index is 4.99. The standard InChI is InChI=1S/C10H23NO.Ga/c1-9(2,3)10(4,5)11-7-8-12-6;/h11H,7-8H2,1-6H3;. The van der Waals surface area contributed by atoms with Crippen LogP contribution in [0.4, 0.5) is 0 Å². The summed E-state index contributed by atoms with van der Waals surface area (Å²) in [5, 5.41) is 3.47. The van der Waals surface area contributed by atoms with Gasteiger partial charge in [-0.1, -0.05) is 20.8 Å². The number of methoxy groups -OCH3 is 1. The third kappa shape index (κ3) is 5.78. The van der Waals surface area contributed by atoms with Crippen LogP contribution in [0.5, 0.6) is 0 Å². The molecule has 77 valence electrons. The van der Waals surface area contributed by atoms with Crippen molar-refractivity contribution in [3.63, 3.8) is 0 Å². The van der Waals surface area contributed by atoms with Crippen LogP contribution in [0.25, 0.3) is 0 Å². The zero-order valence-corrected chi connectivity index (χ0v) is 12.3. The van der Waals surface area contributed by atoms with E-state index >= 15 is 0 Å². The van der Waals surface area contributed by atoms with Gasteiger partial charge in [0.1, 0.15) is 0 Å². The van der Waals surface area contributed by atoms with E-state index in [-0.39, 0.29) is 30.7 Å². The van der Waals surface area contributed by atoms with Crippen LogP contribution in [-0.4, -0.2) is 45.6 Å². The second kappa shape index (κ2) is 6.12. The Kier molecular flexibility index (Phi) is 7.53. The quantitative estimate of drug-likeness (QED) is 0.599. The summed E-state index contributed by atoms with van der Waals surface area (Å²) in [4.78, 5) is 0. The first-order valence-corrected chi connectivity index (χ1v) is 4.55. The summed E-state index contributed by atoms with van der Waals surface area (Å²) in [5.41, 5.74) is 0.437. The Bertz CT molecular complexity index is 129. The predicted octanol–water partition coefficient (Wildman–Crippen LogP) is 1.67. The van der Waals surface area contributed by atoms with Gasteiger partial charge in [-0.15, -0.1) is 0 Å². The second-order valence-electron chi connectivity index (χ2n) is 4.79. The molecule has 0 amide bonds. The molecule has 0 atom stereocenters. The van der Waals surface area contributed by atoms with E-state index in [4.69, 9.17) is 4.74 Å². The summed E-state index contributed by atoms with van der Waals surface area (Å²) >= 11 is 0. The minimum absolute atomic E-state index is 0. The van der Waals surface area contributed by atoms with Crippen molar-refractivity contribution in [1.29, 1.82) is 0 Å². The largest absolute Gasteiger partial charge is 0.383 e. The van der Waals surface area contributed by atoms with Crippen molar-refractivity contribution < 1.29 is 4.74 Å². The first-order valence-electron chi connectivity index (χ1n) is 4.55. The third-order valence-electron chi connectivity index (χ3n) is 2.75. The van der Waals surface area contributed by atoms with Gasteiger partial charge in [-0.2, -0.15) is 0 Å². The van der Waals surface area contributed by atoms with Crippen LogP contribution in [0, 0.1) is 5.41 Å². The molecule has 0 aliphatic carbocycles. The topological polar surface area (TPSA) is 21.3 Å². The number of rotatable bonds is 4. The van der Waals surface area contributed by atoms with Crippen molar-refractivity contribution in [2.75, 3.05) is 20.3 Å². The van der Waals surface area contributed by atoms with Gasteiger partial charge in [0.05, 0.1) is 6.61 Å². The summed E-state index contributed by atoms with van der Waals surface area (Å²) in [5.74, 6) is 0. The van der Waals surface area contributed by atoms with Gasteiger partial charge in [-0.25, -0.2) is 0 Å². The van der Waals surface area contributed by atoms with Gasteiger partial charge in [0.2, 0.25) is 0 Å². The van der Waals surface area contributed by atoms with E-state index in [1.165, 1.54) is 0 Å². The summed E-state index contributed by atoms with van der Waals surface area (Å²) in [7, 11) is 1.73. The Morgan fingerprint density at radius 3 is 1.85 bits per heavy atom. The SMILES string of the molecule is COCCNC(C)(C)C(C)(C)C.[Ga]. The Morgan fingerprint density at radius 1 is 1.08 bits per heavy atom. The molecular formula is C10H23GaNO. The summed E-state index contributed by atoms with van der Waals surface area (Å²) in [6, 6.07) is 0. The molecule has 0 heterocycles. The van der Waals surface area contributed by atoms with Gasteiger partial charge in [0.25, 0.3) is 0 Å². The smallest absolute Gasteiger partial charge is 0.0587 e. The molecule has 0 aromatic heterocycles. The molecule has 0 saturated carbocycles. The Labute approximate surface area is 95.9 Å². The molecule has 0 rings (SSSR count). The van der Waals surface area contributed by atoms with Gasteiger partial charge in [0.15, 0.2) is 0 Å². The molecule has 0 aliphatic rings. The van der Waals surface area contributed by atoms with Gasteiger partial charge in [-0.3, -0.25) is 0 Å². The maximum atomic E-state index is 4.99. The van der Waals surface area contributed by atoms with Gasteiger partial charge >= 0.3 is 0 Å². The molecule has 2 nitrogen and oxygen atoms in total. The van der Waals surface area contributed by atoms with E-state index in [2.05, 4.69) is 39.9 Å². The number of hydrogen-bond donors (Lipinski definition) is 1. The molecule has 0 aromatic rings. The van der Waals surface area contributed by atoms with Crippen LogP contribution in [0.2, 0.25) is 0 Å². The van der Waals surface area contributed by atoms with Crippen LogP contribution >= 0.6 is 0 Å². The minimum atomic E-state index is 0. The fourth-order valence-corrected chi connectivity index (χ4v) is 0.731. The van der Waals surface area contributed by atoms with E-state index < -0.39 is 0 Å². The molecule has 3 heteroatoms. The average Bonchev–Trinajstić information content (AvgIpc) is 1.85. The van der Waals surface area contributed by atoms with E-state index in [0.717, 1.165) is 13.2 Å². The molecule has 0 bridgehead atoms. The molecule has 13 heavy (non-hydrogen) atoms. The van der Waals surface area contributed by atoms with Crippen LogP contribution < -0.4 is 5.32 Å². The van der Waals surface area contributed by atoms with Crippen LogP contribution in [0.1, 0.15) is 34.6 Å². The summed E-state index contributed by atoms with van der Waals surface area (Å²) in [6.07, 6.45) is 0. The van der Waals surface area contributed by atoms with Crippen molar-refractivity contribution >= 4 is 19.8 Å². The first kappa shape index (κ1) is 16.0. The van der Waals surface area contributed by atoms with Gasteiger partial charge in [-0.05, 0) is 19.3 Å². The molecule has 0 saturated heterocycles. The van der Waals surface area contributed by atoms with Crippen molar-refractivity contribution in [3.8, 4) is 0 Å². The fraction of sp³-hybridized carbons (Fsp3) is 1.00. The Hall–Kier alpha value is 0.556. The van der Waals surface area contributed by atoms with E-state index in [1.54, 1.807) is 7.11 Å². The normalized spacial score (nSPS) is 12.5. The Morgan fingerprint density at radius 2 is 1.54 bits per heavy atom. The molecule has 0 aromatic carbocycles. The predicted molar refractivity (Wildman–Crippen MR) is 59.2 cm³/mol. The second-order valence-corrected chi connectivity index (χ2v) is 4.79. The molecule has 0 spiro atoms. The molecule has 0 aliphatic heterocycles. The molecule has 0 unspecified atom stereocenters. The number of hydrogen-bond acceptors (Lipinski definition) is 2. The Balaban J connectivity index is 0. The maximum Gasteiger partial charge on any atom is 0.0587 e. The number of nitrogens with one attached hydrogen (secondary N) is 1. The molecule has 1 N–H and O–H groups in total. The van der Waals surface area contributed by atoms with Crippen LogP contribution in [0.3, 0.4) is 0 Å². The zero-order chi connectivity index (χ0) is 9.83. The van der Waals surface area contributed by atoms with Crippen LogP contribution in [-0.2, 0) is 4.74 Å². The van der Waals surface area contributed by atoms with E-state index in [0.29, 0.717) is 0 Å². The van der Waals surface area contributed by atoms with Gasteiger partial charge < -0.3 is 10.1 Å². The van der Waals surface area contributed by atoms with Crippen molar-refractivity contribution in [2.45, 2.75) is 40.2 Å². The van der Waals surface area contributed by atoms with Crippen molar-refractivity contribution in [1.82, 2.24) is 5.32 Å². The van der Waals surface area contributed by atoms with Crippen molar-refractivity contribution in [3.05, 3.63) is 0 Å². The molecular weight excluding hydrogens is 220 g/mol. The summed E-state index contributed by atoms with van der Waals surface area (Å²) in [6.45, 7) is 12.9. The average molecular weight is 243 g/mol. The summed E-state index contributed by atoms with van der Waals surface area (Å²) < 4.78 is 4.99. The van der Waals surface area contributed by atoms with Gasteiger partial charge in [0, 0.05) is 39.0 Å². The third-order valence-corrected chi connectivity index (χ3v) is 2.75. The monoisotopic (exact) mass is 242 g/mol. The van der Waals surface area contributed by atoms with Crippen LogP contribution in [0.15, 0.2) is 0 Å².